The minimum absolute atomic E-state index is 0.0158. The lowest BCUT2D eigenvalue weighted by Crippen LogP contribution is -2.52. The average Bonchev–Trinajstić information content (AvgIpc) is 3.54. The SMILES string of the molecule is C#CC1=C(F)CCc2cc(O)cc(C3=C(F)C(=N/COCC45CCCC4N(CC(CCC)CCC)CCC5)/C(=C(\C)N(CC)CC(C)C)C=N3)c21. The van der Waals surface area contributed by atoms with Crippen molar-refractivity contribution in [3.05, 3.63) is 51.7 Å². The molecule has 0 bridgehead atoms. The molecule has 2 fully saturated rings. The third kappa shape index (κ3) is 8.52. The molecule has 278 valence electrons. The van der Waals surface area contributed by atoms with Crippen molar-refractivity contribution >= 4 is 23.2 Å². The maximum atomic E-state index is 17.0. The summed E-state index contributed by atoms with van der Waals surface area (Å²) in [5.74, 6) is 2.52. The van der Waals surface area contributed by atoms with Crippen molar-refractivity contribution in [1.29, 1.82) is 0 Å². The number of phenolic OH excluding ortho intramolecular Hbond substituents is 1. The van der Waals surface area contributed by atoms with E-state index in [1.54, 1.807) is 12.3 Å². The molecule has 1 aromatic carbocycles. The zero-order valence-corrected chi connectivity index (χ0v) is 32.0. The van der Waals surface area contributed by atoms with Crippen LogP contribution in [-0.4, -0.2) is 72.4 Å². The summed E-state index contributed by atoms with van der Waals surface area (Å²) in [6, 6.07) is 3.52. The Hall–Kier alpha value is -3.28. The van der Waals surface area contributed by atoms with Gasteiger partial charge in [0, 0.05) is 66.1 Å². The quantitative estimate of drug-likeness (QED) is 0.146. The summed E-state index contributed by atoms with van der Waals surface area (Å²) >= 11 is 0. The van der Waals surface area contributed by atoms with Gasteiger partial charge in [0.25, 0.3) is 0 Å². The third-order valence-electron chi connectivity index (χ3n) is 11.6. The van der Waals surface area contributed by atoms with Crippen molar-refractivity contribution in [1.82, 2.24) is 9.80 Å². The van der Waals surface area contributed by atoms with Crippen LogP contribution in [0.25, 0.3) is 11.3 Å². The number of phenols is 1. The van der Waals surface area contributed by atoms with E-state index in [4.69, 9.17) is 16.2 Å². The Kier molecular flexibility index (Phi) is 13.4. The van der Waals surface area contributed by atoms with Crippen LogP contribution in [-0.2, 0) is 11.2 Å². The number of benzene rings is 1. The Balaban J connectivity index is 1.47. The summed E-state index contributed by atoms with van der Waals surface area (Å²) < 4.78 is 38.5. The van der Waals surface area contributed by atoms with E-state index >= 15 is 8.78 Å². The van der Waals surface area contributed by atoms with Crippen LogP contribution in [0.15, 0.2) is 45.0 Å². The highest BCUT2D eigenvalue weighted by Crippen LogP contribution is 2.48. The van der Waals surface area contributed by atoms with Crippen LogP contribution in [0.5, 0.6) is 5.75 Å². The maximum Gasteiger partial charge on any atom is 0.175 e. The number of nitrogens with zero attached hydrogens (tertiary/aromatic N) is 4. The van der Waals surface area contributed by atoms with Crippen LogP contribution in [0.1, 0.15) is 122 Å². The van der Waals surface area contributed by atoms with E-state index < -0.39 is 11.7 Å². The van der Waals surface area contributed by atoms with E-state index in [0.29, 0.717) is 41.7 Å². The highest BCUT2D eigenvalue weighted by molar-refractivity contribution is 6.28. The summed E-state index contributed by atoms with van der Waals surface area (Å²) in [4.78, 5) is 14.4. The molecule has 0 spiro atoms. The highest BCUT2D eigenvalue weighted by Gasteiger charge is 2.48. The smallest absolute Gasteiger partial charge is 0.175 e. The fourth-order valence-electron chi connectivity index (χ4n) is 9.28. The molecule has 5 rings (SSSR count). The number of halogens is 2. The molecule has 0 amide bonds. The van der Waals surface area contributed by atoms with Gasteiger partial charge in [-0.1, -0.05) is 52.9 Å². The van der Waals surface area contributed by atoms with Gasteiger partial charge in [-0.15, -0.1) is 6.42 Å². The number of aliphatic imine (C=N–C) groups is 2. The van der Waals surface area contributed by atoms with Crippen molar-refractivity contribution in [2.75, 3.05) is 39.5 Å². The molecule has 4 aliphatic rings. The van der Waals surface area contributed by atoms with Gasteiger partial charge in [-0.3, -0.25) is 14.9 Å². The number of fused-ring (bicyclic) bond motifs is 2. The van der Waals surface area contributed by atoms with E-state index in [1.165, 1.54) is 57.6 Å². The Bertz CT molecular complexity index is 1610. The predicted molar refractivity (Wildman–Crippen MR) is 207 cm³/mol. The third-order valence-corrected chi connectivity index (χ3v) is 11.6. The highest BCUT2D eigenvalue weighted by atomic mass is 19.1. The molecule has 0 radical (unpaired) electrons. The molecule has 8 heteroatoms. The van der Waals surface area contributed by atoms with Crippen LogP contribution < -0.4 is 0 Å². The van der Waals surface area contributed by atoms with Crippen LogP contribution in [0, 0.1) is 29.6 Å². The van der Waals surface area contributed by atoms with E-state index in [-0.39, 0.29) is 46.9 Å². The molecule has 2 aliphatic carbocycles. The Morgan fingerprint density at radius 1 is 1.16 bits per heavy atom. The number of piperidine rings is 1. The summed E-state index contributed by atoms with van der Waals surface area (Å²) in [6.07, 6.45) is 18.8. The first-order chi connectivity index (χ1) is 24.6. The molecule has 1 N–H and O–H groups in total. The molecule has 1 saturated heterocycles. The molecule has 2 heterocycles. The van der Waals surface area contributed by atoms with Gasteiger partial charge in [0.15, 0.2) is 5.83 Å². The van der Waals surface area contributed by atoms with Crippen molar-refractivity contribution in [2.45, 2.75) is 118 Å². The Morgan fingerprint density at radius 3 is 2.59 bits per heavy atom. The van der Waals surface area contributed by atoms with Crippen LogP contribution in [0.3, 0.4) is 0 Å². The van der Waals surface area contributed by atoms with Gasteiger partial charge in [0.1, 0.15) is 29.7 Å². The summed E-state index contributed by atoms with van der Waals surface area (Å²) in [5.41, 5.74) is 3.14. The van der Waals surface area contributed by atoms with Gasteiger partial charge < -0.3 is 14.7 Å². The molecule has 0 aromatic heterocycles. The number of hydrogen-bond acceptors (Lipinski definition) is 6. The number of terminal acetylenes is 1. The normalized spacial score (nSPS) is 24.1. The number of rotatable bonds is 15. The fraction of sp³-hybridized carbons (Fsp3) is 0.628. The molecule has 1 saturated carbocycles. The van der Waals surface area contributed by atoms with Crippen LogP contribution in [0.4, 0.5) is 8.78 Å². The van der Waals surface area contributed by atoms with Gasteiger partial charge in [-0.05, 0) is 94.9 Å². The minimum Gasteiger partial charge on any atom is -0.508 e. The fourth-order valence-corrected chi connectivity index (χ4v) is 9.28. The number of hydrogen-bond donors (Lipinski definition) is 1. The second-order valence-electron chi connectivity index (χ2n) is 15.6. The lowest BCUT2D eigenvalue weighted by molar-refractivity contribution is -0.0387. The van der Waals surface area contributed by atoms with Gasteiger partial charge in [-0.25, -0.2) is 8.78 Å². The second-order valence-corrected chi connectivity index (χ2v) is 15.6. The minimum atomic E-state index is -0.634. The number of ether oxygens (including phenoxy) is 1. The Morgan fingerprint density at radius 2 is 1.90 bits per heavy atom. The summed E-state index contributed by atoms with van der Waals surface area (Å²) in [6.45, 7) is 17.5. The first-order valence-electron chi connectivity index (χ1n) is 19.6. The monoisotopic (exact) mass is 702 g/mol. The standard InChI is InChI=1S/C43H60F2N4O2/c1-8-14-31(15-9-2)26-49-21-13-20-43(19-12-16-38(43)49)27-51-28-47-42-36(30(7)48(11-4)25-29(5)6)24-46-41(40(42)45)35-23-33(50)22-32-17-18-37(44)34(10-3)39(32)35/h3,22-24,29,31,38,50H,8-9,11-21,25-28H2,1-2,4-7H3/b36-30+,47-42+. The van der Waals surface area contributed by atoms with Crippen molar-refractivity contribution in [3.8, 4) is 18.1 Å². The molecule has 6 nitrogen and oxygen atoms in total. The topological polar surface area (TPSA) is 60.7 Å². The van der Waals surface area contributed by atoms with Crippen LogP contribution >= 0.6 is 0 Å². The summed E-state index contributed by atoms with van der Waals surface area (Å²) in [5, 5.41) is 10.7. The second kappa shape index (κ2) is 17.5. The lowest BCUT2D eigenvalue weighted by Gasteiger charge is -2.47. The molecular formula is C43H60F2N4O2. The first kappa shape index (κ1) is 38.9. The van der Waals surface area contributed by atoms with Gasteiger partial charge in [0.05, 0.1) is 12.2 Å². The largest absolute Gasteiger partial charge is 0.508 e. The van der Waals surface area contributed by atoms with Crippen molar-refractivity contribution in [2.24, 2.45) is 27.2 Å². The van der Waals surface area contributed by atoms with E-state index in [2.05, 4.69) is 55.3 Å². The number of aromatic hydroxyl groups is 1. The van der Waals surface area contributed by atoms with E-state index in [9.17, 15) is 5.11 Å². The van der Waals surface area contributed by atoms with Crippen molar-refractivity contribution < 1.29 is 18.6 Å². The maximum absolute atomic E-state index is 17.0. The lowest BCUT2D eigenvalue weighted by atomic mass is 9.75. The average molecular weight is 703 g/mol. The van der Waals surface area contributed by atoms with Gasteiger partial charge in [-0.2, -0.15) is 0 Å². The predicted octanol–water partition coefficient (Wildman–Crippen LogP) is 9.89. The Labute approximate surface area is 305 Å². The molecule has 2 aliphatic heterocycles. The van der Waals surface area contributed by atoms with E-state index in [0.717, 1.165) is 44.1 Å². The van der Waals surface area contributed by atoms with Gasteiger partial charge >= 0.3 is 0 Å². The summed E-state index contributed by atoms with van der Waals surface area (Å²) in [7, 11) is 0. The number of likely N-dealkylation sites (tertiary alicyclic amines) is 1. The molecule has 1 aromatic rings. The number of aryl methyl sites for hydroxylation is 1. The van der Waals surface area contributed by atoms with E-state index in [1.807, 2.05) is 6.92 Å². The number of allylic oxidation sites excluding steroid dienone is 5. The van der Waals surface area contributed by atoms with Crippen molar-refractivity contribution in [3.63, 3.8) is 0 Å². The zero-order valence-electron chi connectivity index (χ0n) is 32.0. The van der Waals surface area contributed by atoms with Crippen LogP contribution in [0.2, 0.25) is 0 Å². The van der Waals surface area contributed by atoms with Gasteiger partial charge in [0.2, 0.25) is 0 Å². The molecular weight excluding hydrogens is 642 g/mol. The first-order valence-corrected chi connectivity index (χ1v) is 19.6. The molecule has 2 unspecified atom stereocenters. The molecule has 2 atom stereocenters. The zero-order chi connectivity index (χ0) is 36.7. The molecule has 51 heavy (non-hydrogen) atoms.